The lowest BCUT2D eigenvalue weighted by molar-refractivity contribution is 0.162. The fourth-order valence-electron chi connectivity index (χ4n) is 2.25. The first-order valence-electron chi connectivity index (χ1n) is 6.91. The van der Waals surface area contributed by atoms with Gasteiger partial charge in [0.1, 0.15) is 0 Å². The van der Waals surface area contributed by atoms with Crippen molar-refractivity contribution >= 4 is 15.9 Å². The quantitative estimate of drug-likeness (QED) is 0.881. The van der Waals surface area contributed by atoms with Crippen LogP contribution in [-0.2, 0) is 19.4 Å². The summed E-state index contributed by atoms with van der Waals surface area (Å²) in [5.41, 5.74) is 3.06. The van der Waals surface area contributed by atoms with Crippen molar-refractivity contribution < 1.29 is 5.11 Å². The Morgan fingerprint density at radius 2 is 2.20 bits per heavy atom. The van der Waals surface area contributed by atoms with Gasteiger partial charge in [-0.05, 0) is 54.8 Å². The fraction of sp³-hybridized carbons (Fsp3) is 0.467. The smallest absolute Gasteiger partial charge is 0.0738 e. The van der Waals surface area contributed by atoms with Gasteiger partial charge >= 0.3 is 0 Å². The van der Waals surface area contributed by atoms with Crippen LogP contribution in [0.1, 0.15) is 30.4 Å². The van der Waals surface area contributed by atoms with Gasteiger partial charge in [-0.2, -0.15) is 5.10 Å². The van der Waals surface area contributed by atoms with Gasteiger partial charge in [0.05, 0.1) is 22.0 Å². The van der Waals surface area contributed by atoms with Gasteiger partial charge in [-0.15, -0.1) is 0 Å². The Bertz CT molecular complexity index is 554. The fourth-order valence-corrected chi connectivity index (χ4v) is 2.70. The molecule has 1 atom stereocenters. The molecule has 0 amide bonds. The molecule has 0 aliphatic carbocycles. The average molecular weight is 338 g/mol. The molecular weight excluding hydrogens is 318 g/mol. The molecule has 0 saturated carbocycles. The lowest BCUT2D eigenvalue weighted by Gasteiger charge is -2.12. The molecule has 2 rings (SSSR count). The summed E-state index contributed by atoms with van der Waals surface area (Å²) in [4.78, 5) is 4.28. The number of hydrogen-bond donors (Lipinski definition) is 1. The number of hydrogen-bond acceptors (Lipinski definition) is 3. The first-order valence-corrected chi connectivity index (χ1v) is 7.70. The lowest BCUT2D eigenvalue weighted by atomic mass is 10.1. The largest absolute Gasteiger partial charge is 0.393 e. The third kappa shape index (κ3) is 3.67. The molecule has 0 saturated heterocycles. The highest BCUT2D eigenvalue weighted by molar-refractivity contribution is 9.10. The summed E-state index contributed by atoms with van der Waals surface area (Å²) in [6, 6.07) is 5.86. The molecule has 20 heavy (non-hydrogen) atoms. The van der Waals surface area contributed by atoms with Crippen molar-refractivity contribution in [3.63, 3.8) is 0 Å². The molecule has 0 radical (unpaired) electrons. The third-order valence-electron chi connectivity index (χ3n) is 3.34. The molecule has 0 aliphatic heterocycles. The maximum Gasteiger partial charge on any atom is 0.0738 e. The van der Waals surface area contributed by atoms with Crippen LogP contribution < -0.4 is 0 Å². The second-order valence-electron chi connectivity index (χ2n) is 4.88. The molecule has 0 fully saturated rings. The van der Waals surface area contributed by atoms with E-state index >= 15 is 0 Å². The molecule has 2 aromatic rings. The molecule has 5 heteroatoms. The Kier molecular flexibility index (Phi) is 5.31. The minimum atomic E-state index is -0.380. The zero-order chi connectivity index (χ0) is 14.5. The minimum absolute atomic E-state index is 0.380. The van der Waals surface area contributed by atoms with E-state index in [4.69, 9.17) is 0 Å². The Labute approximate surface area is 128 Å². The summed E-state index contributed by atoms with van der Waals surface area (Å²) in [5.74, 6) is 0. The van der Waals surface area contributed by atoms with Gasteiger partial charge < -0.3 is 5.11 Å². The van der Waals surface area contributed by atoms with Crippen LogP contribution in [0.15, 0.2) is 28.9 Å². The molecule has 0 aromatic carbocycles. The Hall–Kier alpha value is -1.20. The van der Waals surface area contributed by atoms with Gasteiger partial charge in [0, 0.05) is 24.9 Å². The van der Waals surface area contributed by atoms with E-state index < -0.39 is 0 Å². The zero-order valence-corrected chi connectivity index (χ0v) is 13.5. The van der Waals surface area contributed by atoms with Gasteiger partial charge in [0.15, 0.2) is 0 Å². The van der Waals surface area contributed by atoms with Crippen LogP contribution in [0.5, 0.6) is 0 Å². The van der Waals surface area contributed by atoms with Crippen LogP contribution in [0.4, 0.5) is 0 Å². The second-order valence-corrected chi connectivity index (χ2v) is 5.67. The summed E-state index contributed by atoms with van der Waals surface area (Å²) in [7, 11) is 0. The van der Waals surface area contributed by atoms with Gasteiger partial charge in [-0.1, -0.05) is 6.07 Å². The number of halogens is 1. The lowest BCUT2D eigenvalue weighted by Crippen LogP contribution is -2.15. The number of aryl methyl sites for hydroxylation is 3. The Balaban J connectivity index is 1.96. The van der Waals surface area contributed by atoms with Crippen molar-refractivity contribution in [3.05, 3.63) is 46.0 Å². The van der Waals surface area contributed by atoms with E-state index in [-0.39, 0.29) is 6.10 Å². The number of rotatable bonds is 6. The summed E-state index contributed by atoms with van der Waals surface area (Å²) in [6.07, 6.45) is 3.52. The number of nitrogens with zero attached hydrogens (tertiary/aromatic N) is 3. The maximum atomic E-state index is 10.2. The average Bonchev–Trinajstić information content (AvgIpc) is 2.74. The molecule has 2 heterocycles. The minimum Gasteiger partial charge on any atom is -0.393 e. The van der Waals surface area contributed by atoms with Crippen molar-refractivity contribution in [3.8, 4) is 0 Å². The highest BCUT2D eigenvalue weighted by atomic mass is 79.9. The zero-order valence-electron chi connectivity index (χ0n) is 11.9. The van der Waals surface area contributed by atoms with Crippen LogP contribution in [0.3, 0.4) is 0 Å². The topological polar surface area (TPSA) is 50.9 Å². The van der Waals surface area contributed by atoms with E-state index in [1.54, 1.807) is 6.20 Å². The van der Waals surface area contributed by atoms with E-state index in [1.807, 2.05) is 29.8 Å². The molecule has 0 bridgehead atoms. The monoisotopic (exact) mass is 337 g/mol. The maximum absolute atomic E-state index is 10.2. The van der Waals surface area contributed by atoms with Gasteiger partial charge in [0.2, 0.25) is 0 Å². The molecule has 0 aliphatic rings. The summed E-state index contributed by atoms with van der Waals surface area (Å²) in [6.45, 7) is 4.84. The predicted molar refractivity (Wildman–Crippen MR) is 82.6 cm³/mol. The standard InChI is InChI=1S/C15H20BrN3O/c1-3-19-14(15(16)11(2)18-19)10-13(20)8-7-12-6-4-5-9-17-12/h4-6,9,13,20H,3,7-8,10H2,1-2H3. The van der Waals surface area contributed by atoms with E-state index in [0.29, 0.717) is 12.8 Å². The first-order chi connectivity index (χ1) is 9.61. The normalized spacial score (nSPS) is 12.6. The third-order valence-corrected chi connectivity index (χ3v) is 4.37. The Morgan fingerprint density at radius 1 is 1.40 bits per heavy atom. The molecule has 1 unspecified atom stereocenters. The van der Waals surface area contributed by atoms with E-state index in [1.165, 1.54) is 0 Å². The second kappa shape index (κ2) is 6.99. The highest BCUT2D eigenvalue weighted by Gasteiger charge is 2.16. The van der Waals surface area contributed by atoms with Gasteiger partial charge in [0.25, 0.3) is 0 Å². The van der Waals surface area contributed by atoms with Crippen LogP contribution in [0.2, 0.25) is 0 Å². The molecule has 2 aromatic heterocycles. The molecule has 108 valence electrons. The number of aliphatic hydroxyl groups is 1. The van der Waals surface area contributed by atoms with E-state index in [2.05, 4.69) is 32.9 Å². The van der Waals surface area contributed by atoms with Crippen molar-refractivity contribution in [2.75, 3.05) is 0 Å². The molecular formula is C15H20BrN3O. The molecule has 4 nitrogen and oxygen atoms in total. The summed E-state index contributed by atoms with van der Waals surface area (Å²) < 4.78 is 2.96. The van der Waals surface area contributed by atoms with Crippen molar-refractivity contribution in [2.45, 2.75) is 45.8 Å². The summed E-state index contributed by atoms with van der Waals surface area (Å²) in [5, 5.41) is 14.7. The SMILES string of the molecule is CCn1nc(C)c(Br)c1CC(O)CCc1ccccn1. The first kappa shape index (κ1) is 15.2. The van der Waals surface area contributed by atoms with Crippen molar-refractivity contribution in [2.24, 2.45) is 0 Å². The Morgan fingerprint density at radius 3 is 2.85 bits per heavy atom. The number of aliphatic hydroxyl groups excluding tert-OH is 1. The van der Waals surface area contributed by atoms with Crippen LogP contribution in [0.25, 0.3) is 0 Å². The van der Waals surface area contributed by atoms with Gasteiger partial charge in [-0.3, -0.25) is 9.67 Å². The van der Waals surface area contributed by atoms with Crippen LogP contribution in [-0.4, -0.2) is 26.0 Å². The highest BCUT2D eigenvalue weighted by Crippen LogP contribution is 2.23. The number of aromatic nitrogens is 3. The summed E-state index contributed by atoms with van der Waals surface area (Å²) >= 11 is 3.56. The van der Waals surface area contributed by atoms with E-state index in [0.717, 1.165) is 34.5 Å². The van der Waals surface area contributed by atoms with Gasteiger partial charge in [-0.25, -0.2) is 0 Å². The number of pyridine rings is 1. The van der Waals surface area contributed by atoms with Crippen molar-refractivity contribution in [1.82, 2.24) is 14.8 Å². The van der Waals surface area contributed by atoms with Crippen LogP contribution in [0, 0.1) is 6.92 Å². The predicted octanol–water partition coefficient (Wildman–Crippen LogP) is 2.91. The molecule has 1 N–H and O–H groups in total. The van der Waals surface area contributed by atoms with Crippen LogP contribution >= 0.6 is 15.9 Å². The van der Waals surface area contributed by atoms with E-state index in [9.17, 15) is 5.11 Å². The molecule has 0 spiro atoms. The van der Waals surface area contributed by atoms with Crippen molar-refractivity contribution in [1.29, 1.82) is 0 Å².